The Bertz CT molecular complexity index is 900. The largest absolute Gasteiger partial charge is 0.375 e. The van der Waals surface area contributed by atoms with Gasteiger partial charge in [0.2, 0.25) is 0 Å². The normalized spacial score (nSPS) is 18.9. The van der Waals surface area contributed by atoms with Gasteiger partial charge in [-0.05, 0) is 44.0 Å². The van der Waals surface area contributed by atoms with E-state index in [0.717, 1.165) is 16.7 Å². The monoisotopic (exact) mass is 377 g/mol. The third-order valence-electron chi connectivity index (χ3n) is 4.46. The van der Waals surface area contributed by atoms with E-state index in [1.54, 1.807) is 0 Å². The van der Waals surface area contributed by atoms with Crippen LogP contribution in [0.3, 0.4) is 0 Å². The van der Waals surface area contributed by atoms with Gasteiger partial charge < -0.3 is 10.4 Å². The molecule has 25 heavy (non-hydrogen) atoms. The van der Waals surface area contributed by atoms with Crippen molar-refractivity contribution in [1.82, 2.24) is 0 Å². The standard InChI is InChI=1S/C19H17Cl2NO3/c1-9-4-10(2)16(11(3)5-9)15(23)8-19(25)17-13(21)6-12(20)7-14(17)22-18(19)24/h4-7,25H,8H2,1-3H3,(H,22,24). The first-order chi connectivity index (χ1) is 11.6. The van der Waals surface area contributed by atoms with Crippen molar-refractivity contribution in [1.29, 1.82) is 0 Å². The molecule has 1 atom stereocenters. The zero-order valence-electron chi connectivity index (χ0n) is 14.0. The number of anilines is 1. The Kier molecular flexibility index (Phi) is 4.40. The fourth-order valence-electron chi connectivity index (χ4n) is 3.54. The van der Waals surface area contributed by atoms with Crippen molar-refractivity contribution in [2.75, 3.05) is 5.32 Å². The molecule has 3 rings (SSSR count). The fraction of sp³-hybridized carbons (Fsp3) is 0.263. The van der Waals surface area contributed by atoms with Crippen LogP contribution in [0, 0.1) is 20.8 Å². The molecule has 0 aromatic heterocycles. The van der Waals surface area contributed by atoms with Gasteiger partial charge in [-0.2, -0.15) is 0 Å². The molecule has 1 aliphatic heterocycles. The third kappa shape index (κ3) is 2.95. The van der Waals surface area contributed by atoms with Gasteiger partial charge in [0.1, 0.15) is 0 Å². The van der Waals surface area contributed by atoms with Crippen molar-refractivity contribution in [2.24, 2.45) is 0 Å². The molecule has 1 aliphatic rings. The summed E-state index contributed by atoms with van der Waals surface area (Å²) in [5.41, 5.74) is 1.70. The average Bonchev–Trinajstić information content (AvgIpc) is 2.68. The number of hydrogen-bond donors (Lipinski definition) is 2. The zero-order valence-corrected chi connectivity index (χ0v) is 15.5. The summed E-state index contributed by atoms with van der Waals surface area (Å²) >= 11 is 12.1. The summed E-state index contributed by atoms with van der Waals surface area (Å²) in [5.74, 6) is -0.992. The van der Waals surface area contributed by atoms with E-state index in [9.17, 15) is 14.7 Å². The summed E-state index contributed by atoms with van der Waals surface area (Å²) in [6, 6.07) is 6.75. The minimum absolute atomic E-state index is 0.147. The van der Waals surface area contributed by atoms with E-state index < -0.39 is 17.9 Å². The van der Waals surface area contributed by atoms with Crippen molar-refractivity contribution < 1.29 is 14.7 Å². The molecule has 0 aliphatic carbocycles. The first kappa shape index (κ1) is 17.9. The molecule has 2 N–H and O–H groups in total. The summed E-state index contributed by atoms with van der Waals surface area (Å²) in [6.07, 6.45) is -0.391. The number of amides is 1. The Balaban J connectivity index is 2.05. The maximum atomic E-state index is 12.9. The number of benzene rings is 2. The van der Waals surface area contributed by atoms with Gasteiger partial charge in [-0.1, -0.05) is 40.9 Å². The van der Waals surface area contributed by atoms with Crippen molar-refractivity contribution >= 4 is 40.6 Å². The van der Waals surface area contributed by atoms with Gasteiger partial charge in [-0.25, -0.2) is 0 Å². The van der Waals surface area contributed by atoms with Gasteiger partial charge in [0.25, 0.3) is 5.91 Å². The Morgan fingerprint density at radius 2 is 1.72 bits per heavy atom. The topological polar surface area (TPSA) is 66.4 Å². The lowest BCUT2D eigenvalue weighted by Crippen LogP contribution is -2.37. The Morgan fingerprint density at radius 1 is 1.12 bits per heavy atom. The highest BCUT2D eigenvalue weighted by atomic mass is 35.5. The Morgan fingerprint density at radius 3 is 2.32 bits per heavy atom. The average molecular weight is 378 g/mol. The molecule has 0 saturated carbocycles. The maximum absolute atomic E-state index is 12.9. The molecular formula is C19H17Cl2NO3. The molecule has 0 spiro atoms. The van der Waals surface area contributed by atoms with Gasteiger partial charge >= 0.3 is 0 Å². The molecule has 0 fully saturated rings. The van der Waals surface area contributed by atoms with Crippen molar-refractivity contribution in [3.8, 4) is 0 Å². The van der Waals surface area contributed by atoms with Crippen molar-refractivity contribution in [3.63, 3.8) is 0 Å². The van der Waals surface area contributed by atoms with Crippen LogP contribution in [-0.4, -0.2) is 16.8 Å². The van der Waals surface area contributed by atoms with E-state index >= 15 is 0 Å². The van der Waals surface area contributed by atoms with E-state index in [-0.39, 0.29) is 16.4 Å². The van der Waals surface area contributed by atoms with E-state index in [1.807, 2.05) is 32.9 Å². The van der Waals surface area contributed by atoms with Gasteiger partial charge in [0.15, 0.2) is 11.4 Å². The lowest BCUT2D eigenvalue weighted by Gasteiger charge is -2.22. The SMILES string of the molecule is Cc1cc(C)c(C(=O)CC2(O)C(=O)Nc3cc(Cl)cc(Cl)c32)c(C)c1. The van der Waals surface area contributed by atoms with Crippen LogP contribution in [0.1, 0.15) is 39.0 Å². The molecule has 4 nitrogen and oxygen atoms in total. The number of fused-ring (bicyclic) bond motifs is 1. The van der Waals surface area contributed by atoms with Crippen LogP contribution in [0.5, 0.6) is 0 Å². The van der Waals surface area contributed by atoms with E-state index in [4.69, 9.17) is 23.2 Å². The Hall–Kier alpha value is -1.88. The van der Waals surface area contributed by atoms with Gasteiger partial charge in [-0.15, -0.1) is 0 Å². The van der Waals surface area contributed by atoms with Gasteiger partial charge in [0.05, 0.1) is 17.1 Å². The minimum Gasteiger partial charge on any atom is -0.375 e. The number of carbonyl (C=O) groups is 2. The van der Waals surface area contributed by atoms with Crippen LogP contribution < -0.4 is 5.32 Å². The second-order valence-electron chi connectivity index (χ2n) is 6.50. The van der Waals surface area contributed by atoms with Gasteiger partial charge in [-0.3, -0.25) is 9.59 Å². The predicted octanol–water partition coefficient (Wildman–Crippen LogP) is 4.33. The molecule has 0 radical (unpaired) electrons. The number of ketones is 1. The number of aliphatic hydroxyl groups is 1. The summed E-state index contributed by atoms with van der Waals surface area (Å²) in [7, 11) is 0. The summed E-state index contributed by atoms with van der Waals surface area (Å²) < 4.78 is 0. The number of Topliss-reactive ketones (excluding diaryl/α,β-unsaturated/α-hetero) is 1. The molecule has 0 saturated heterocycles. The van der Waals surface area contributed by atoms with Crippen LogP contribution >= 0.6 is 23.2 Å². The lowest BCUT2D eigenvalue weighted by atomic mass is 9.85. The predicted molar refractivity (Wildman–Crippen MR) is 98.6 cm³/mol. The van der Waals surface area contributed by atoms with Crippen LogP contribution in [0.25, 0.3) is 0 Å². The molecule has 2 aromatic rings. The maximum Gasteiger partial charge on any atom is 0.261 e. The highest BCUT2D eigenvalue weighted by Gasteiger charge is 2.48. The fourth-order valence-corrected chi connectivity index (χ4v) is 4.19. The number of hydrogen-bond acceptors (Lipinski definition) is 3. The molecule has 1 amide bonds. The summed E-state index contributed by atoms with van der Waals surface area (Å²) in [6.45, 7) is 5.63. The smallest absolute Gasteiger partial charge is 0.261 e. The first-order valence-corrected chi connectivity index (χ1v) is 8.53. The molecule has 2 aromatic carbocycles. The number of halogens is 2. The highest BCUT2D eigenvalue weighted by molar-refractivity contribution is 6.36. The molecule has 130 valence electrons. The summed E-state index contributed by atoms with van der Waals surface area (Å²) in [5, 5.41) is 14.0. The number of rotatable bonds is 3. The number of carbonyl (C=O) groups excluding carboxylic acids is 2. The van der Waals surface area contributed by atoms with Crippen molar-refractivity contribution in [3.05, 3.63) is 62.1 Å². The molecule has 0 bridgehead atoms. The van der Waals surface area contributed by atoms with E-state index in [0.29, 0.717) is 16.3 Å². The molecule has 1 heterocycles. The second-order valence-corrected chi connectivity index (χ2v) is 7.34. The van der Waals surface area contributed by atoms with Crippen LogP contribution in [0.4, 0.5) is 5.69 Å². The van der Waals surface area contributed by atoms with Crippen LogP contribution in [-0.2, 0) is 10.4 Å². The quantitative estimate of drug-likeness (QED) is 0.782. The van der Waals surface area contributed by atoms with E-state index in [1.165, 1.54) is 12.1 Å². The molecule has 6 heteroatoms. The van der Waals surface area contributed by atoms with Gasteiger partial charge in [0, 0.05) is 16.1 Å². The first-order valence-electron chi connectivity index (χ1n) is 7.78. The lowest BCUT2D eigenvalue weighted by molar-refractivity contribution is -0.133. The van der Waals surface area contributed by atoms with Crippen molar-refractivity contribution in [2.45, 2.75) is 32.8 Å². The van der Waals surface area contributed by atoms with Crippen LogP contribution in [0.2, 0.25) is 10.0 Å². The number of aryl methyl sites for hydroxylation is 3. The highest BCUT2D eigenvalue weighted by Crippen LogP contribution is 2.44. The van der Waals surface area contributed by atoms with E-state index in [2.05, 4.69) is 5.32 Å². The van der Waals surface area contributed by atoms with Crippen LogP contribution in [0.15, 0.2) is 24.3 Å². The minimum atomic E-state index is -2.02. The summed E-state index contributed by atoms with van der Waals surface area (Å²) in [4.78, 5) is 25.3. The zero-order chi connectivity index (χ0) is 18.5. The third-order valence-corrected chi connectivity index (χ3v) is 4.98. The second kappa shape index (κ2) is 6.13. The number of nitrogens with one attached hydrogen (secondary N) is 1. The Labute approximate surface area is 155 Å². The molecular weight excluding hydrogens is 361 g/mol. The molecule has 1 unspecified atom stereocenters.